The molecule has 1 saturated heterocycles. The number of morpholine rings is 1. The number of methoxy groups -OCH3 is 1. The molecule has 1 aromatic heterocycles. The van der Waals surface area contributed by atoms with Crippen molar-refractivity contribution in [2.45, 2.75) is 0 Å². The summed E-state index contributed by atoms with van der Waals surface area (Å²) in [5.74, 6) is 0.355. The number of nitrogens with one attached hydrogen (secondary N) is 2. The van der Waals surface area contributed by atoms with E-state index < -0.39 is 0 Å². The highest BCUT2D eigenvalue weighted by molar-refractivity contribution is 6.03. The maximum atomic E-state index is 12.6. The number of aromatic nitrogens is 2. The first-order chi connectivity index (χ1) is 15.6. The van der Waals surface area contributed by atoms with Crippen LogP contribution in [0.4, 0.5) is 11.4 Å². The molecule has 2 heterocycles. The van der Waals surface area contributed by atoms with Crippen molar-refractivity contribution in [1.29, 1.82) is 0 Å². The van der Waals surface area contributed by atoms with Crippen LogP contribution in [0.1, 0.15) is 10.5 Å². The lowest BCUT2D eigenvalue weighted by Crippen LogP contribution is -2.41. The number of amides is 2. The lowest BCUT2D eigenvalue weighted by Gasteiger charge is -2.25. The van der Waals surface area contributed by atoms with Gasteiger partial charge in [-0.05, 0) is 54.6 Å². The van der Waals surface area contributed by atoms with E-state index in [0.29, 0.717) is 36.8 Å². The first-order valence-corrected chi connectivity index (χ1v) is 10.3. The van der Waals surface area contributed by atoms with Crippen LogP contribution in [0, 0.1) is 0 Å². The lowest BCUT2D eigenvalue weighted by atomic mass is 10.2. The Hall–Kier alpha value is -3.69. The van der Waals surface area contributed by atoms with Crippen molar-refractivity contribution < 1.29 is 19.1 Å². The predicted molar refractivity (Wildman–Crippen MR) is 120 cm³/mol. The SMILES string of the molecule is COc1ccc(-n2ccc(C(=O)Nc3ccc(NC(=O)CN4CCOCC4)cc3)n2)cc1. The van der Waals surface area contributed by atoms with E-state index in [-0.39, 0.29) is 11.8 Å². The van der Waals surface area contributed by atoms with Crippen molar-refractivity contribution >= 4 is 23.2 Å². The summed E-state index contributed by atoms with van der Waals surface area (Å²) in [4.78, 5) is 26.8. The zero-order valence-corrected chi connectivity index (χ0v) is 17.8. The molecule has 4 rings (SSSR count). The molecule has 2 amide bonds. The fourth-order valence-electron chi connectivity index (χ4n) is 3.32. The summed E-state index contributed by atoms with van der Waals surface area (Å²) in [7, 11) is 1.61. The maximum Gasteiger partial charge on any atom is 0.276 e. The normalized spacial score (nSPS) is 14.0. The summed E-state index contributed by atoms with van der Waals surface area (Å²) < 4.78 is 12.1. The lowest BCUT2D eigenvalue weighted by molar-refractivity contribution is -0.118. The topological polar surface area (TPSA) is 97.7 Å². The van der Waals surface area contributed by atoms with Gasteiger partial charge in [0.05, 0.1) is 32.6 Å². The molecule has 32 heavy (non-hydrogen) atoms. The Morgan fingerprint density at radius 3 is 2.28 bits per heavy atom. The zero-order valence-electron chi connectivity index (χ0n) is 17.8. The molecule has 0 saturated carbocycles. The fraction of sp³-hybridized carbons (Fsp3) is 0.261. The monoisotopic (exact) mass is 435 g/mol. The van der Waals surface area contributed by atoms with Gasteiger partial charge in [-0.25, -0.2) is 4.68 Å². The van der Waals surface area contributed by atoms with E-state index in [2.05, 4.69) is 20.6 Å². The van der Waals surface area contributed by atoms with E-state index in [1.165, 1.54) is 0 Å². The molecule has 3 aromatic rings. The number of hydrogen-bond acceptors (Lipinski definition) is 6. The van der Waals surface area contributed by atoms with E-state index in [1.807, 2.05) is 24.3 Å². The molecule has 2 aromatic carbocycles. The van der Waals surface area contributed by atoms with Crippen LogP contribution in [0.2, 0.25) is 0 Å². The highest BCUT2D eigenvalue weighted by Crippen LogP contribution is 2.17. The number of carbonyl (C=O) groups is 2. The minimum Gasteiger partial charge on any atom is -0.497 e. The van der Waals surface area contributed by atoms with E-state index in [1.54, 1.807) is 48.3 Å². The van der Waals surface area contributed by atoms with Crippen molar-refractivity contribution in [1.82, 2.24) is 14.7 Å². The van der Waals surface area contributed by atoms with E-state index >= 15 is 0 Å². The summed E-state index contributed by atoms with van der Waals surface area (Å²) in [6.07, 6.45) is 1.73. The quantitative estimate of drug-likeness (QED) is 0.592. The van der Waals surface area contributed by atoms with Crippen LogP contribution in [-0.4, -0.2) is 66.5 Å². The number of anilines is 2. The summed E-state index contributed by atoms with van der Waals surface area (Å²) in [6, 6.07) is 16.0. The van der Waals surface area contributed by atoms with Crippen LogP contribution < -0.4 is 15.4 Å². The third-order valence-electron chi connectivity index (χ3n) is 5.06. The zero-order chi connectivity index (χ0) is 22.3. The number of nitrogens with zero attached hydrogens (tertiary/aromatic N) is 3. The molecule has 2 N–H and O–H groups in total. The number of rotatable bonds is 7. The molecule has 0 unspecified atom stereocenters. The van der Waals surface area contributed by atoms with E-state index in [9.17, 15) is 9.59 Å². The molecule has 0 aliphatic carbocycles. The average Bonchev–Trinajstić information content (AvgIpc) is 3.32. The van der Waals surface area contributed by atoms with Crippen LogP contribution >= 0.6 is 0 Å². The van der Waals surface area contributed by atoms with Crippen molar-refractivity contribution in [3.8, 4) is 11.4 Å². The van der Waals surface area contributed by atoms with Crippen molar-refractivity contribution in [2.75, 3.05) is 50.6 Å². The average molecular weight is 435 g/mol. The number of benzene rings is 2. The molecular weight excluding hydrogens is 410 g/mol. The highest BCUT2D eigenvalue weighted by Gasteiger charge is 2.14. The van der Waals surface area contributed by atoms with Crippen molar-refractivity contribution in [2.24, 2.45) is 0 Å². The Kier molecular flexibility index (Phi) is 6.78. The summed E-state index contributed by atoms with van der Waals surface area (Å²) >= 11 is 0. The maximum absolute atomic E-state index is 12.6. The molecule has 0 radical (unpaired) electrons. The van der Waals surface area contributed by atoms with Crippen LogP contribution in [0.5, 0.6) is 5.75 Å². The first kappa shape index (κ1) is 21.5. The highest BCUT2D eigenvalue weighted by atomic mass is 16.5. The van der Waals surface area contributed by atoms with Crippen LogP contribution in [0.15, 0.2) is 60.8 Å². The molecule has 1 aliphatic heterocycles. The van der Waals surface area contributed by atoms with E-state index in [4.69, 9.17) is 9.47 Å². The standard InChI is InChI=1S/C23H25N5O4/c1-31-20-8-6-19(7-9-20)28-11-10-21(26-28)23(30)25-18-4-2-17(3-5-18)24-22(29)16-27-12-14-32-15-13-27/h2-11H,12-16H2,1H3,(H,24,29)(H,25,30). The first-order valence-electron chi connectivity index (χ1n) is 10.3. The molecule has 0 bridgehead atoms. The number of ether oxygens (including phenoxy) is 2. The minimum atomic E-state index is -0.318. The fourth-order valence-corrected chi connectivity index (χ4v) is 3.32. The smallest absolute Gasteiger partial charge is 0.276 e. The van der Waals surface area contributed by atoms with Gasteiger partial charge in [-0.2, -0.15) is 5.10 Å². The Morgan fingerprint density at radius 1 is 0.969 bits per heavy atom. The Morgan fingerprint density at radius 2 is 1.62 bits per heavy atom. The molecule has 0 atom stereocenters. The van der Waals surface area contributed by atoms with Crippen LogP contribution in [0.3, 0.4) is 0 Å². The molecule has 1 fully saturated rings. The van der Waals surface area contributed by atoms with Gasteiger partial charge >= 0.3 is 0 Å². The molecular formula is C23H25N5O4. The van der Waals surface area contributed by atoms with Crippen LogP contribution in [-0.2, 0) is 9.53 Å². The summed E-state index contributed by atoms with van der Waals surface area (Å²) in [5.41, 5.74) is 2.40. The number of carbonyl (C=O) groups excluding carboxylic acids is 2. The molecule has 1 aliphatic rings. The third-order valence-corrected chi connectivity index (χ3v) is 5.06. The van der Waals surface area contributed by atoms with Gasteiger partial charge in [0, 0.05) is 30.7 Å². The number of hydrogen-bond donors (Lipinski definition) is 2. The Bertz CT molecular complexity index is 1060. The van der Waals surface area contributed by atoms with Crippen molar-refractivity contribution in [3.63, 3.8) is 0 Å². The molecule has 9 heteroatoms. The summed E-state index contributed by atoms with van der Waals surface area (Å²) in [6.45, 7) is 3.15. The second-order valence-electron chi connectivity index (χ2n) is 7.31. The van der Waals surface area contributed by atoms with Gasteiger partial charge in [0.2, 0.25) is 5.91 Å². The third kappa shape index (κ3) is 5.51. The van der Waals surface area contributed by atoms with Crippen LogP contribution in [0.25, 0.3) is 5.69 Å². The molecule has 166 valence electrons. The van der Waals surface area contributed by atoms with Gasteiger partial charge in [-0.1, -0.05) is 0 Å². The molecule has 0 spiro atoms. The predicted octanol–water partition coefficient (Wildman–Crippen LogP) is 2.40. The Balaban J connectivity index is 1.31. The minimum absolute atomic E-state index is 0.0762. The van der Waals surface area contributed by atoms with Gasteiger partial charge in [0.15, 0.2) is 5.69 Å². The van der Waals surface area contributed by atoms with Gasteiger partial charge in [0.25, 0.3) is 5.91 Å². The van der Waals surface area contributed by atoms with E-state index in [0.717, 1.165) is 24.5 Å². The molecule has 9 nitrogen and oxygen atoms in total. The Labute approximate surface area is 185 Å². The van der Waals surface area contributed by atoms with Gasteiger partial charge in [0.1, 0.15) is 5.75 Å². The summed E-state index contributed by atoms with van der Waals surface area (Å²) in [5, 5.41) is 10.0. The van der Waals surface area contributed by atoms with Gasteiger partial charge in [-0.3, -0.25) is 14.5 Å². The second kappa shape index (κ2) is 10.1. The largest absolute Gasteiger partial charge is 0.497 e. The van der Waals surface area contributed by atoms with Gasteiger partial charge < -0.3 is 20.1 Å². The second-order valence-corrected chi connectivity index (χ2v) is 7.31. The van der Waals surface area contributed by atoms with Crippen molar-refractivity contribution in [3.05, 3.63) is 66.5 Å². The van der Waals surface area contributed by atoms with Gasteiger partial charge in [-0.15, -0.1) is 0 Å².